The summed E-state index contributed by atoms with van der Waals surface area (Å²) in [4.78, 5) is 29.2. The topological polar surface area (TPSA) is 76.5 Å². The van der Waals surface area contributed by atoms with Gasteiger partial charge in [0.15, 0.2) is 0 Å². The molecule has 1 fully saturated rings. The zero-order valence-corrected chi connectivity index (χ0v) is 12.5. The van der Waals surface area contributed by atoms with E-state index in [0.717, 1.165) is 32.5 Å². The van der Waals surface area contributed by atoms with Crippen LogP contribution in [0, 0.1) is 5.92 Å². The minimum absolute atomic E-state index is 0.0542. The molecule has 1 aromatic heterocycles. The van der Waals surface area contributed by atoms with Crippen molar-refractivity contribution in [2.75, 3.05) is 20.2 Å². The number of carbonyl (C=O) groups excluding carboxylic acids is 2. The summed E-state index contributed by atoms with van der Waals surface area (Å²) in [5.41, 5.74) is 0. The van der Waals surface area contributed by atoms with Crippen LogP contribution in [0.25, 0.3) is 0 Å². The van der Waals surface area contributed by atoms with E-state index >= 15 is 0 Å². The molecule has 1 aliphatic heterocycles. The van der Waals surface area contributed by atoms with Crippen molar-refractivity contribution in [3.05, 3.63) is 18.7 Å². The van der Waals surface area contributed by atoms with Crippen molar-refractivity contribution >= 4 is 12.0 Å². The predicted molar refractivity (Wildman–Crippen MR) is 76.5 cm³/mol. The number of aromatic nitrogens is 2. The van der Waals surface area contributed by atoms with Gasteiger partial charge in [-0.25, -0.2) is 9.78 Å². The molecule has 1 atom stereocenters. The lowest BCUT2D eigenvalue weighted by molar-refractivity contribution is -0.134. The third-order valence-electron chi connectivity index (χ3n) is 3.84. The highest BCUT2D eigenvalue weighted by Gasteiger charge is 2.27. The van der Waals surface area contributed by atoms with Gasteiger partial charge in [0.25, 0.3) is 0 Å². The fraction of sp³-hybridized carbons (Fsp3) is 0.643. The van der Waals surface area contributed by atoms with Crippen molar-refractivity contribution in [3.8, 4) is 0 Å². The third kappa shape index (κ3) is 4.21. The average molecular weight is 294 g/mol. The molecule has 0 bridgehead atoms. The Labute approximate surface area is 124 Å². The van der Waals surface area contributed by atoms with Crippen LogP contribution in [0.2, 0.25) is 0 Å². The van der Waals surface area contributed by atoms with Crippen LogP contribution >= 0.6 is 0 Å². The number of likely N-dealkylation sites (tertiary alicyclic amines) is 1. The van der Waals surface area contributed by atoms with Gasteiger partial charge in [0.2, 0.25) is 5.91 Å². The minimum Gasteiger partial charge on any atom is -0.453 e. The first kappa shape index (κ1) is 15.3. The molecular formula is C14H22N4O3. The van der Waals surface area contributed by atoms with Crippen LogP contribution in [0.1, 0.15) is 19.8 Å². The Bertz CT molecular complexity index is 467. The summed E-state index contributed by atoms with van der Waals surface area (Å²) in [6, 6.07) is -0.553. The van der Waals surface area contributed by atoms with Gasteiger partial charge < -0.3 is 19.5 Å². The van der Waals surface area contributed by atoms with E-state index in [0.29, 0.717) is 5.92 Å². The quantitative estimate of drug-likeness (QED) is 0.894. The number of rotatable bonds is 4. The van der Waals surface area contributed by atoms with Gasteiger partial charge in [0.05, 0.1) is 13.4 Å². The molecule has 1 aromatic rings. The van der Waals surface area contributed by atoms with Gasteiger partial charge >= 0.3 is 6.09 Å². The second-order valence-corrected chi connectivity index (χ2v) is 5.39. The van der Waals surface area contributed by atoms with Gasteiger partial charge in [-0.2, -0.15) is 0 Å². The van der Waals surface area contributed by atoms with Crippen LogP contribution in [0.4, 0.5) is 4.79 Å². The SMILES string of the molecule is COC(=O)N[C@H](C)C(=O)N1CCC(Cn2ccnc2)CC1. The Morgan fingerprint density at radius 2 is 2.14 bits per heavy atom. The molecule has 1 N–H and O–H groups in total. The zero-order chi connectivity index (χ0) is 15.2. The van der Waals surface area contributed by atoms with E-state index in [1.54, 1.807) is 13.1 Å². The zero-order valence-electron chi connectivity index (χ0n) is 12.5. The molecule has 7 nitrogen and oxygen atoms in total. The molecule has 0 saturated carbocycles. The smallest absolute Gasteiger partial charge is 0.407 e. The molecule has 0 spiro atoms. The van der Waals surface area contributed by atoms with Gasteiger partial charge in [-0.05, 0) is 25.7 Å². The summed E-state index contributed by atoms with van der Waals surface area (Å²) in [5, 5.41) is 2.51. The summed E-state index contributed by atoms with van der Waals surface area (Å²) >= 11 is 0. The molecule has 116 valence electrons. The summed E-state index contributed by atoms with van der Waals surface area (Å²) in [7, 11) is 1.29. The fourth-order valence-electron chi connectivity index (χ4n) is 2.60. The van der Waals surface area contributed by atoms with E-state index in [4.69, 9.17) is 0 Å². The molecule has 1 aliphatic rings. The Kier molecular flexibility index (Phi) is 5.19. The molecule has 0 aliphatic carbocycles. The highest BCUT2D eigenvalue weighted by Crippen LogP contribution is 2.19. The molecule has 2 rings (SSSR count). The number of alkyl carbamates (subject to hydrolysis) is 1. The monoisotopic (exact) mass is 294 g/mol. The lowest BCUT2D eigenvalue weighted by Gasteiger charge is -2.33. The summed E-state index contributed by atoms with van der Waals surface area (Å²) in [6.07, 6.45) is 6.91. The summed E-state index contributed by atoms with van der Waals surface area (Å²) in [5.74, 6) is 0.508. The third-order valence-corrected chi connectivity index (χ3v) is 3.84. The van der Waals surface area contributed by atoms with Crippen molar-refractivity contribution in [1.29, 1.82) is 0 Å². The molecule has 0 aromatic carbocycles. The van der Waals surface area contributed by atoms with E-state index in [2.05, 4.69) is 19.6 Å². The second-order valence-electron chi connectivity index (χ2n) is 5.39. The van der Waals surface area contributed by atoms with Gasteiger partial charge in [-0.15, -0.1) is 0 Å². The van der Waals surface area contributed by atoms with Gasteiger partial charge in [0.1, 0.15) is 6.04 Å². The molecule has 0 unspecified atom stereocenters. The molecule has 2 heterocycles. The van der Waals surface area contributed by atoms with Crippen LogP contribution in [-0.4, -0.2) is 52.7 Å². The molecule has 1 saturated heterocycles. The lowest BCUT2D eigenvalue weighted by Crippen LogP contribution is -2.49. The van der Waals surface area contributed by atoms with Crippen molar-refractivity contribution in [2.24, 2.45) is 5.92 Å². The number of amides is 2. The second kappa shape index (κ2) is 7.10. The maximum atomic E-state index is 12.2. The maximum absolute atomic E-state index is 12.2. The lowest BCUT2D eigenvalue weighted by atomic mass is 9.96. The number of piperidine rings is 1. The number of hydrogen-bond acceptors (Lipinski definition) is 4. The fourth-order valence-corrected chi connectivity index (χ4v) is 2.60. The highest BCUT2D eigenvalue weighted by atomic mass is 16.5. The molecule has 0 radical (unpaired) electrons. The Morgan fingerprint density at radius 3 is 2.71 bits per heavy atom. The van der Waals surface area contributed by atoms with E-state index in [9.17, 15) is 9.59 Å². The Balaban J connectivity index is 1.77. The maximum Gasteiger partial charge on any atom is 0.407 e. The normalized spacial score (nSPS) is 17.3. The summed E-state index contributed by atoms with van der Waals surface area (Å²) in [6.45, 7) is 4.08. The van der Waals surface area contributed by atoms with Crippen LogP contribution in [0.15, 0.2) is 18.7 Å². The molecule has 2 amide bonds. The first-order valence-electron chi connectivity index (χ1n) is 7.19. The number of carbonyl (C=O) groups is 2. The largest absolute Gasteiger partial charge is 0.453 e. The Morgan fingerprint density at radius 1 is 1.43 bits per heavy atom. The van der Waals surface area contributed by atoms with Crippen molar-refractivity contribution < 1.29 is 14.3 Å². The van der Waals surface area contributed by atoms with Crippen LogP contribution < -0.4 is 5.32 Å². The van der Waals surface area contributed by atoms with E-state index in [1.165, 1.54) is 7.11 Å². The molecule has 7 heteroatoms. The summed E-state index contributed by atoms with van der Waals surface area (Å²) < 4.78 is 6.58. The number of imidazole rings is 1. The Hall–Kier alpha value is -2.05. The molecular weight excluding hydrogens is 272 g/mol. The first-order valence-corrected chi connectivity index (χ1v) is 7.19. The van der Waals surface area contributed by atoms with Gasteiger partial charge in [0, 0.05) is 32.0 Å². The van der Waals surface area contributed by atoms with Gasteiger partial charge in [-0.3, -0.25) is 4.79 Å². The van der Waals surface area contributed by atoms with E-state index in [-0.39, 0.29) is 5.91 Å². The predicted octanol–water partition coefficient (Wildman–Crippen LogP) is 0.866. The average Bonchev–Trinajstić information content (AvgIpc) is 3.00. The number of hydrogen-bond donors (Lipinski definition) is 1. The van der Waals surface area contributed by atoms with Crippen LogP contribution in [-0.2, 0) is 16.1 Å². The van der Waals surface area contributed by atoms with Crippen molar-refractivity contribution in [2.45, 2.75) is 32.4 Å². The van der Waals surface area contributed by atoms with Crippen molar-refractivity contribution in [1.82, 2.24) is 19.8 Å². The van der Waals surface area contributed by atoms with Crippen LogP contribution in [0.3, 0.4) is 0 Å². The number of nitrogens with zero attached hydrogens (tertiary/aromatic N) is 3. The minimum atomic E-state index is -0.578. The highest BCUT2D eigenvalue weighted by molar-refractivity contribution is 5.85. The van der Waals surface area contributed by atoms with Crippen molar-refractivity contribution in [3.63, 3.8) is 0 Å². The molecule has 21 heavy (non-hydrogen) atoms. The van der Waals surface area contributed by atoms with Gasteiger partial charge in [-0.1, -0.05) is 0 Å². The first-order chi connectivity index (χ1) is 10.1. The number of nitrogens with one attached hydrogen (secondary N) is 1. The number of ether oxygens (including phenoxy) is 1. The van der Waals surface area contributed by atoms with Crippen LogP contribution in [0.5, 0.6) is 0 Å². The van der Waals surface area contributed by atoms with E-state index < -0.39 is 12.1 Å². The number of methoxy groups -OCH3 is 1. The van der Waals surface area contributed by atoms with E-state index in [1.807, 2.05) is 17.4 Å². The standard InChI is InChI=1S/C14H22N4O3/c1-11(16-14(20)21-2)13(19)18-6-3-12(4-7-18)9-17-8-5-15-10-17/h5,8,10-12H,3-4,6-7,9H2,1-2H3,(H,16,20)/t11-/m1/s1.